The maximum atomic E-state index is 14.2. The van der Waals surface area contributed by atoms with Crippen LogP contribution in [0.4, 0.5) is 20.2 Å². The fourth-order valence-electron chi connectivity index (χ4n) is 2.45. The smallest absolute Gasteiger partial charge is 0.151 e. The van der Waals surface area contributed by atoms with Gasteiger partial charge in [0.1, 0.15) is 11.4 Å². The van der Waals surface area contributed by atoms with Crippen LogP contribution in [0, 0.1) is 23.0 Å². The van der Waals surface area contributed by atoms with Crippen LogP contribution in [0.3, 0.4) is 0 Å². The van der Waals surface area contributed by atoms with E-state index in [2.05, 4.69) is 0 Å². The molecule has 106 valence electrons. The van der Waals surface area contributed by atoms with E-state index >= 15 is 0 Å². The van der Waals surface area contributed by atoms with Crippen LogP contribution in [0.2, 0.25) is 0 Å². The highest BCUT2D eigenvalue weighted by Crippen LogP contribution is 2.38. The van der Waals surface area contributed by atoms with Gasteiger partial charge >= 0.3 is 0 Å². The molecule has 0 saturated heterocycles. The highest BCUT2D eigenvalue weighted by atomic mass is 19.1. The number of hydrogen-bond acceptors (Lipinski definition) is 3. The van der Waals surface area contributed by atoms with Crippen molar-refractivity contribution < 1.29 is 13.5 Å². The molecule has 5 heteroatoms. The number of benzene rings is 2. The highest BCUT2D eigenvalue weighted by molar-refractivity contribution is 5.71. The summed E-state index contributed by atoms with van der Waals surface area (Å²) in [5.41, 5.74) is 0.442. The molecule has 0 aliphatic carbocycles. The van der Waals surface area contributed by atoms with E-state index in [1.807, 2.05) is 6.07 Å². The molecule has 0 spiro atoms. The predicted octanol–water partition coefficient (Wildman–Crippen LogP) is 3.76. The first-order chi connectivity index (χ1) is 10.2. The molecule has 0 atom stereocenters. The Morgan fingerprint density at radius 2 is 1.86 bits per heavy atom. The van der Waals surface area contributed by atoms with E-state index in [-0.39, 0.29) is 11.3 Å². The van der Waals surface area contributed by atoms with E-state index in [4.69, 9.17) is 10.00 Å². The maximum absolute atomic E-state index is 14.2. The Balaban J connectivity index is 2.15. The summed E-state index contributed by atoms with van der Waals surface area (Å²) < 4.78 is 34.1. The van der Waals surface area contributed by atoms with Gasteiger partial charge in [-0.05, 0) is 30.7 Å². The number of halogens is 2. The molecule has 0 saturated carbocycles. The summed E-state index contributed by atoms with van der Waals surface area (Å²) in [6.45, 7) is 0.934. The first kappa shape index (κ1) is 13.4. The molecule has 3 nitrogen and oxygen atoms in total. The van der Waals surface area contributed by atoms with Crippen LogP contribution in [0.1, 0.15) is 12.0 Å². The zero-order chi connectivity index (χ0) is 14.8. The Morgan fingerprint density at radius 3 is 2.57 bits per heavy atom. The Morgan fingerprint density at radius 1 is 1.14 bits per heavy atom. The molecule has 2 aromatic carbocycles. The van der Waals surface area contributed by atoms with Crippen molar-refractivity contribution in [2.45, 2.75) is 6.42 Å². The fraction of sp³-hybridized carbons (Fsp3) is 0.188. The summed E-state index contributed by atoms with van der Waals surface area (Å²) in [5, 5.41) is 8.77. The van der Waals surface area contributed by atoms with E-state index in [0.29, 0.717) is 31.0 Å². The quantitative estimate of drug-likeness (QED) is 0.801. The normalized spacial score (nSPS) is 13.9. The van der Waals surface area contributed by atoms with Gasteiger partial charge in [0.2, 0.25) is 0 Å². The van der Waals surface area contributed by atoms with Crippen LogP contribution in [0.15, 0.2) is 36.4 Å². The summed E-state index contributed by atoms with van der Waals surface area (Å²) in [5.74, 6) is -0.898. The third-order valence-electron chi connectivity index (χ3n) is 3.36. The van der Waals surface area contributed by atoms with Crippen LogP contribution in [0.25, 0.3) is 0 Å². The second kappa shape index (κ2) is 5.41. The van der Waals surface area contributed by atoms with Crippen molar-refractivity contribution in [1.29, 1.82) is 5.26 Å². The minimum atomic E-state index is -0.747. The molecule has 0 bridgehead atoms. The third-order valence-corrected chi connectivity index (χ3v) is 3.36. The summed E-state index contributed by atoms with van der Waals surface area (Å²) >= 11 is 0. The molecule has 0 unspecified atom stereocenters. The van der Waals surface area contributed by atoms with Crippen molar-refractivity contribution in [3.8, 4) is 11.8 Å². The average molecular weight is 286 g/mol. The topological polar surface area (TPSA) is 36.3 Å². The van der Waals surface area contributed by atoms with Crippen LogP contribution in [-0.2, 0) is 0 Å². The first-order valence-electron chi connectivity index (χ1n) is 6.59. The molecule has 21 heavy (non-hydrogen) atoms. The van der Waals surface area contributed by atoms with Crippen LogP contribution in [-0.4, -0.2) is 13.2 Å². The van der Waals surface area contributed by atoms with Crippen molar-refractivity contribution in [3.05, 3.63) is 53.6 Å². The first-order valence-corrected chi connectivity index (χ1v) is 6.59. The van der Waals surface area contributed by atoms with Gasteiger partial charge in [0, 0.05) is 6.54 Å². The molecule has 0 aromatic heterocycles. The fourth-order valence-corrected chi connectivity index (χ4v) is 2.45. The molecule has 0 fully saturated rings. The highest BCUT2D eigenvalue weighted by Gasteiger charge is 2.23. The molecule has 3 rings (SSSR count). The minimum Gasteiger partial charge on any atom is -0.491 e. The van der Waals surface area contributed by atoms with Gasteiger partial charge in [0.25, 0.3) is 0 Å². The maximum Gasteiger partial charge on any atom is 0.151 e. The number of hydrogen-bond donors (Lipinski definition) is 0. The second-order valence-corrected chi connectivity index (χ2v) is 4.72. The van der Waals surface area contributed by atoms with Gasteiger partial charge in [0.05, 0.1) is 23.9 Å². The SMILES string of the molecule is N#Cc1cc(F)c(N2CCCOc3ccccc32)c(F)c1. The number of nitriles is 1. The lowest BCUT2D eigenvalue weighted by molar-refractivity contribution is 0.322. The number of fused-ring (bicyclic) bond motifs is 1. The molecular weight excluding hydrogens is 274 g/mol. The molecule has 2 aromatic rings. The number of rotatable bonds is 1. The largest absolute Gasteiger partial charge is 0.491 e. The van der Waals surface area contributed by atoms with E-state index in [1.165, 1.54) is 0 Å². The van der Waals surface area contributed by atoms with Crippen LogP contribution >= 0.6 is 0 Å². The van der Waals surface area contributed by atoms with E-state index < -0.39 is 11.6 Å². The molecule has 1 aliphatic rings. The Labute approximate surface area is 121 Å². The average Bonchev–Trinajstić information content (AvgIpc) is 2.69. The van der Waals surface area contributed by atoms with E-state index in [0.717, 1.165) is 12.1 Å². The molecule has 0 amide bonds. The lowest BCUT2D eigenvalue weighted by Crippen LogP contribution is -2.20. The van der Waals surface area contributed by atoms with Gasteiger partial charge < -0.3 is 9.64 Å². The summed E-state index contributed by atoms with van der Waals surface area (Å²) in [4.78, 5) is 1.56. The number of nitrogens with zero attached hydrogens (tertiary/aromatic N) is 2. The molecule has 0 N–H and O–H groups in total. The molecule has 1 aliphatic heterocycles. The van der Waals surface area contributed by atoms with Gasteiger partial charge in [-0.2, -0.15) is 5.26 Å². The summed E-state index contributed by atoms with van der Waals surface area (Å²) in [7, 11) is 0. The zero-order valence-corrected chi connectivity index (χ0v) is 11.1. The van der Waals surface area contributed by atoms with Crippen molar-refractivity contribution in [2.75, 3.05) is 18.1 Å². The van der Waals surface area contributed by atoms with E-state index in [1.54, 1.807) is 29.2 Å². The van der Waals surface area contributed by atoms with Gasteiger partial charge in [-0.15, -0.1) is 0 Å². The molecule has 1 heterocycles. The van der Waals surface area contributed by atoms with Crippen molar-refractivity contribution in [3.63, 3.8) is 0 Å². The van der Waals surface area contributed by atoms with Crippen LogP contribution in [0.5, 0.6) is 5.75 Å². The predicted molar refractivity (Wildman–Crippen MR) is 74.6 cm³/mol. The molecule has 0 radical (unpaired) electrons. The summed E-state index contributed by atoms with van der Waals surface area (Å²) in [6, 6.07) is 11.0. The number of para-hydroxylation sites is 2. The standard InChI is InChI=1S/C16H12F2N2O/c17-12-8-11(10-19)9-13(18)16(12)20-6-3-7-21-15-5-2-1-4-14(15)20/h1-2,4-5,8-9H,3,6-7H2. The summed E-state index contributed by atoms with van der Waals surface area (Å²) in [6.07, 6.45) is 0.646. The number of anilines is 2. The Kier molecular flexibility index (Phi) is 3.44. The Bertz CT molecular complexity index is 701. The third kappa shape index (κ3) is 2.40. The van der Waals surface area contributed by atoms with Gasteiger partial charge in [-0.3, -0.25) is 0 Å². The lowest BCUT2D eigenvalue weighted by atomic mass is 10.1. The van der Waals surface area contributed by atoms with Gasteiger partial charge in [0.15, 0.2) is 11.6 Å². The monoisotopic (exact) mass is 286 g/mol. The van der Waals surface area contributed by atoms with Gasteiger partial charge in [-0.25, -0.2) is 8.78 Å². The van der Waals surface area contributed by atoms with Gasteiger partial charge in [-0.1, -0.05) is 12.1 Å². The Hall–Kier alpha value is -2.61. The molecular formula is C16H12F2N2O. The van der Waals surface area contributed by atoms with Crippen molar-refractivity contribution in [2.24, 2.45) is 0 Å². The zero-order valence-electron chi connectivity index (χ0n) is 11.1. The lowest BCUT2D eigenvalue weighted by Gasteiger charge is -2.24. The van der Waals surface area contributed by atoms with Crippen molar-refractivity contribution in [1.82, 2.24) is 0 Å². The second-order valence-electron chi connectivity index (χ2n) is 4.72. The minimum absolute atomic E-state index is 0.0342. The van der Waals surface area contributed by atoms with E-state index in [9.17, 15) is 8.78 Å². The number of ether oxygens (including phenoxy) is 1. The van der Waals surface area contributed by atoms with Crippen LogP contribution < -0.4 is 9.64 Å². The van der Waals surface area contributed by atoms with Crippen molar-refractivity contribution >= 4 is 11.4 Å².